The second-order valence-electron chi connectivity index (χ2n) is 4.26. The lowest BCUT2D eigenvalue weighted by Gasteiger charge is -2.18. The minimum Gasteiger partial charge on any atom is -0.215 e. The van der Waals surface area contributed by atoms with Crippen LogP contribution in [0.3, 0.4) is 0 Å². The molecule has 80 valence electrons. The van der Waals surface area contributed by atoms with Crippen LogP contribution in [0.15, 0.2) is 0 Å². The Labute approximate surface area is 94.9 Å². The summed E-state index contributed by atoms with van der Waals surface area (Å²) in [4.78, 5) is 0. The van der Waals surface area contributed by atoms with Crippen LogP contribution in [0.2, 0.25) is 0 Å². The summed E-state index contributed by atoms with van der Waals surface area (Å²) in [6.45, 7) is 6.32. The number of nitrogens with one attached hydrogen (secondary N) is 1. The molecule has 0 aromatic rings. The van der Waals surface area contributed by atoms with Gasteiger partial charge in [-0.2, -0.15) is 0 Å². The molecular weight excluding hydrogens is 301 g/mol. The van der Waals surface area contributed by atoms with Crippen molar-refractivity contribution in [3.05, 3.63) is 0 Å². The number of sulfonamides is 1. The summed E-state index contributed by atoms with van der Waals surface area (Å²) in [5, 5.41) is 0. The van der Waals surface area contributed by atoms with Crippen molar-refractivity contribution in [1.82, 2.24) is 4.72 Å². The quantitative estimate of drug-likeness (QED) is 0.477. The van der Waals surface area contributed by atoms with Crippen molar-refractivity contribution in [2.24, 2.45) is 5.41 Å². The van der Waals surface area contributed by atoms with Crippen LogP contribution in [0.1, 0.15) is 27.2 Å². The van der Waals surface area contributed by atoms with Gasteiger partial charge in [0.25, 0.3) is 0 Å². The van der Waals surface area contributed by atoms with E-state index in [2.05, 4.69) is 27.3 Å². The van der Waals surface area contributed by atoms with Gasteiger partial charge in [0.05, 0.1) is 5.75 Å². The monoisotopic (exact) mass is 319 g/mol. The summed E-state index contributed by atoms with van der Waals surface area (Å²) >= 11 is 2.23. The van der Waals surface area contributed by atoms with Gasteiger partial charge in [0.2, 0.25) is 10.0 Å². The van der Waals surface area contributed by atoms with Crippen LogP contribution in [0, 0.1) is 5.41 Å². The van der Waals surface area contributed by atoms with Gasteiger partial charge in [-0.05, 0) is 11.8 Å². The minimum absolute atomic E-state index is 0.170. The third-order valence-electron chi connectivity index (χ3n) is 1.26. The Morgan fingerprint density at radius 2 is 1.85 bits per heavy atom. The van der Waals surface area contributed by atoms with E-state index in [0.29, 0.717) is 6.54 Å². The maximum Gasteiger partial charge on any atom is 0.212 e. The predicted octanol–water partition coefficient (Wildman–Crippen LogP) is 1.78. The average Bonchev–Trinajstić information content (AvgIpc) is 1.81. The van der Waals surface area contributed by atoms with E-state index < -0.39 is 10.0 Å². The molecule has 0 aromatic carbocycles. The molecule has 0 saturated heterocycles. The molecule has 0 heterocycles. The molecule has 0 spiro atoms. The van der Waals surface area contributed by atoms with Crippen LogP contribution >= 0.6 is 22.6 Å². The van der Waals surface area contributed by atoms with E-state index in [-0.39, 0.29) is 11.2 Å². The molecular formula is C8H18INO2S. The number of hydrogen-bond donors (Lipinski definition) is 1. The summed E-state index contributed by atoms with van der Waals surface area (Å²) in [5.41, 5.74) is -0.170. The molecule has 0 atom stereocenters. The van der Waals surface area contributed by atoms with Crippen molar-refractivity contribution in [2.45, 2.75) is 27.2 Å². The van der Waals surface area contributed by atoms with Crippen LogP contribution in [0.4, 0.5) is 0 Å². The first-order valence-corrected chi connectivity index (χ1v) is 7.48. The van der Waals surface area contributed by atoms with E-state index in [1.54, 1.807) is 0 Å². The summed E-state index contributed by atoms with van der Waals surface area (Å²) in [6.07, 6.45) is 0.893. The molecule has 0 radical (unpaired) electrons. The first-order valence-electron chi connectivity index (χ1n) is 4.30. The average molecular weight is 319 g/mol. The van der Waals surface area contributed by atoms with Crippen LogP contribution in [-0.2, 0) is 10.0 Å². The fourth-order valence-electron chi connectivity index (χ4n) is 0.916. The lowest BCUT2D eigenvalue weighted by Crippen LogP contribution is -2.33. The first-order chi connectivity index (χ1) is 5.77. The van der Waals surface area contributed by atoms with Gasteiger partial charge in [0.15, 0.2) is 0 Å². The highest BCUT2D eigenvalue weighted by molar-refractivity contribution is 14.1. The van der Waals surface area contributed by atoms with Crippen LogP contribution < -0.4 is 4.72 Å². The Bertz CT molecular complexity index is 231. The van der Waals surface area contributed by atoms with Crippen molar-refractivity contribution in [1.29, 1.82) is 0 Å². The molecule has 0 fully saturated rings. The van der Waals surface area contributed by atoms with Gasteiger partial charge in [-0.1, -0.05) is 43.4 Å². The Morgan fingerprint density at radius 3 is 2.23 bits per heavy atom. The summed E-state index contributed by atoms with van der Waals surface area (Å²) in [6, 6.07) is 0. The molecule has 0 aliphatic heterocycles. The molecule has 5 heteroatoms. The molecule has 0 aliphatic rings. The van der Waals surface area contributed by atoms with E-state index in [1.807, 2.05) is 20.8 Å². The van der Waals surface area contributed by atoms with Crippen molar-refractivity contribution in [3.63, 3.8) is 0 Å². The molecule has 0 aliphatic carbocycles. The zero-order valence-electron chi connectivity index (χ0n) is 8.43. The molecule has 1 N–H and O–H groups in total. The molecule has 0 bridgehead atoms. The van der Waals surface area contributed by atoms with E-state index in [9.17, 15) is 8.42 Å². The maximum atomic E-state index is 11.4. The van der Waals surface area contributed by atoms with Gasteiger partial charge in [0.1, 0.15) is 0 Å². The van der Waals surface area contributed by atoms with Crippen LogP contribution in [0.25, 0.3) is 0 Å². The number of hydrogen-bond acceptors (Lipinski definition) is 2. The molecule has 3 nitrogen and oxygen atoms in total. The van der Waals surface area contributed by atoms with E-state index in [1.165, 1.54) is 0 Å². The molecule has 0 aromatic heterocycles. The van der Waals surface area contributed by atoms with Crippen molar-refractivity contribution in [3.8, 4) is 0 Å². The highest BCUT2D eigenvalue weighted by Gasteiger charge is 2.20. The van der Waals surface area contributed by atoms with Crippen molar-refractivity contribution in [2.75, 3.05) is 16.7 Å². The number of alkyl halides is 1. The normalized spacial score (nSPS) is 13.2. The Balaban J connectivity index is 3.96. The minimum atomic E-state index is -3.06. The summed E-state index contributed by atoms with van der Waals surface area (Å²) in [5.74, 6) is 0.196. The Kier molecular flexibility index (Phi) is 5.77. The number of halogens is 1. The number of rotatable bonds is 5. The smallest absolute Gasteiger partial charge is 0.212 e. The molecule has 0 amide bonds. The largest absolute Gasteiger partial charge is 0.215 e. The van der Waals surface area contributed by atoms with Crippen molar-refractivity contribution >= 4 is 32.6 Å². The maximum absolute atomic E-state index is 11.4. The summed E-state index contributed by atoms with van der Waals surface area (Å²) < 4.78 is 26.4. The third kappa shape index (κ3) is 8.96. The zero-order valence-corrected chi connectivity index (χ0v) is 11.4. The zero-order chi connectivity index (χ0) is 10.5. The van der Waals surface area contributed by atoms with E-state index >= 15 is 0 Å². The van der Waals surface area contributed by atoms with Gasteiger partial charge in [-0.3, -0.25) is 0 Å². The van der Waals surface area contributed by atoms with E-state index in [4.69, 9.17) is 0 Å². The second kappa shape index (κ2) is 5.50. The van der Waals surface area contributed by atoms with Gasteiger partial charge in [-0.25, -0.2) is 13.1 Å². The fourth-order valence-corrected chi connectivity index (χ4v) is 2.99. The second-order valence-corrected chi connectivity index (χ2v) is 7.14. The highest BCUT2D eigenvalue weighted by atomic mass is 127. The highest BCUT2D eigenvalue weighted by Crippen LogP contribution is 2.15. The van der Waals surface area contributed by atoms with Gasteiger partial charge >= 0.3 is 0 Å². The molecule has 0 unspecified atom stereocenters. The Hall–Kier alpha value is 0.640. The topological polar surface area (TPSA) is 46.2 Å². The summed E-state index contributed by atoms with van der Waals surface area (Å²) in [7, 11) is -3.06. The first kappa shape index (κ1) is 13.6. The van der Waals surface area contributed by atoms with Crippen LogP contribution in [0.5, 0.6) is 0 Å². The van der Waals surface area contributed by atoms with E-state index in [0.717, 1.165) is 10.8 Å². The predicted molar refractivity (Wildman–Crippen MR) is 64.7 cm³/mol. The Morgan fingerprint density at radius 1 is 1.31 bits per heavy atom. The molecule has 0 rings (SSSR count). The van der Waals surface area contributed by atoms with Gasteiger partial charge in [0, 0.05) is 11.0 Å². The van der Waals surface area contributed by atoms with Crippen molar-refractivity contribution < 1.29 is 8.42 Å². The molecule has 13 heavy (non-hydrogen) atoms. The fraction of sp³-hybridized carbons (Fsp3) is 1.00. The molecule has 0 saturated carbocycles. The lowest BCUT2D eigenvalue weighted by atomic mass is 10.0. The lowest BCUT2D eigenvalue weighted by molar-refractivity contribution is 0.458. The van der Waals surface area contributed by atoms with Crippen LogP contribution in [-0.4, -0.2) is 25.1 Å². The van der Waals surface area contributed by atoms with Gasteiger partial charge < -0.3 is 0 Å². The van der Waals surface area contributed by atoms with Gasteiger partial charge in [-0.15, -0.1) is 0 Å². The third-order valence-corrected chi connectivity index (χ3v) is 3.91. The standard InChI is InChI=1S/C8H18INO2S/c1-8(2,3)7-13(11,12)10-6-4-5-9/h10H,4-7H2,1-3H3. The SMILES string of the molecule is CC(C)(C)CS(=O)(=O)NCCCI.